The number of nitrogens with zero attached hydrogens (tertiary/aromatic N) is 1. The maximum absolute atomic E-state index is 13.6. The van der Waals surface area contributed by atoms with E-state index in [9.17, 15) is 14.7 Å². The molecule has 0 bridgehead atoms. The van der Waals surface area contributed by atoms with Crippen LogP contribution in [0.2, 0.25) is 0 Å². The highest BCUT2D eigenvalue weighted by Crippen LogP contribution is 2.43. The summed E-state index contributed by atoms with van der Waals surface area (Å²) in [6, 6.07) is 27.2. The number of carbonyl (C=O) groups excluding carboxylic acids is 2. The summed E-state index contributed by atoms with van der Waals surface area (Å²) in [6.07, 6.45) is 1.45. The van der Waals surface area contributed by atoms with Gasteiger partial charge >= 0.3 is 0 Å². The highest BCUT2D eigenvalue weighted by molar-refractivity contribution is 6.20. The number of para-hydroxylation sites is 2. The summed E-state index contributed by atoms with van der Waals surface area (Å²) < 4.78 is 17.2. The van der Waals surface area contributed by atoms with E-state index >= 15 is 0 Å². The van der Waals surface area contributed by atoms with Crippen LogP contribution in [0, 0.1) is 0 Å². The van der Waals surface area contributed by atoms with Crippen LogP contribution in [0.5, 0.6) is 11.5 Å². The first kappa shape index (κ1) is 21.5. The highest BCUT2D eigenvalue weighted by atomic mass is 16.5. The van der Waals surface area contributed by atoms with E-state index in [1.165, 1.54) is 11.2 Å². The van der Waals surface area contributed by atoms with Crippen LogP contribution in [0.25, 0.3) is 11.0 Å². The summed E-state index contributed by atoms with van der Waals surface area (Å²) >= 11 is 0. The molecule has 6 rings (SSSR count). The van der Waals surface area contributed by atoms with Crippen LogP contribution < -0.4 is 9.64 Å². The number of Topliss-reactive ketones (excluding diaryl/α,β-unsaturated/α-hetero) is 1. The second-order valence-electron chi connectivity index (χ2n) is 8.24. The lowest BCUT2D eigenvalue weighted by molar-refractivity contribution is -0.117. The number of furan rings is 2. The number of carbonyl (C=O) groups is 2. The second-order valence-corrected chi connectivity index (χ2v) is 8.24. The Kier molecular flexibility index (Phi) is 5.15. The number of fused-ring (bicyclic) bond motifs is 1. The van der Waals surface area contributed by atoms with E-state index in [0.29, 0.717) is 28.5 Å². The van der Waals surface area contributed by atoms with Crippen LogP contribution in [-0.4, -0.2) is 16.8 Å². The van der Waals surface area contributed by atoms with Gasteiger partial charge in [-0.15, -0.1) is 0 Å². The Morgan fingerprint density at radius 2 is 1.58 bits per heavy atom. The number of ether oxygens (including phenoxy) is 1. The predicted octanol–water partition coefficient (Wildman–Crippen LogP) is 6.60. The number of aliphatic hydroxyl groups excluding tert-OH is 1. The third kappa shape index (κ3) is 3.63. The van der Waals surface area contributed by atoms with Crippen LogP contribution in [0.1, 0.15) is 22.4 Å². The van der Waals surface area contributed by atoms with Gasteiger partial charge in [0, 0.05) is 11.1 Å². The summed E-state index contributed by atoms with van der Waals surface area (Å²) in [5, 5.41) is 11.6. The number of benzene rings is 3. The molecule has 3 heterocycles. The van der Waals surface area contributed by atoms with Crippen LogP contribution >= 0.6 is 0 Å². The lowest BCUT2D eigenvalue weighted by Crippen LogP contribution is -2.30. The molecule has 1 amide bonds. The Morgan fingerprint density at radius 3 is 2.31 bits per heavy atom. The van der Waals surface area contributed by atoms with Gasteiger partial charge in [0.05, 0.1) is 11.8 Å². The Labute approximate surface area is 205 Å². The van der Waals surface area contributed by atoms with Crippen molar-refractivity contribution >= 4 is 28.3 Å². The molecule has 1 aliphatic rings. The molecule has 1 atom stereocenters. The third-order valence-electron chi connectivity index (χ3n) is 6.01. The number of anilines is 1. The molecule has 5 aromatic rings. The number of rotatable bonds is 6. The van der Waals surface area contributed by atoms with Crippen molar-refractivity contribution in [2.45, 2.75) is 6.04 Å². The summed E-state index contributed by atoms with van der Waals surface area (Å²) in [7, 11) is 0. The monoisotopic (exact) mass is 477 g/mol. The summed E-state index contributed by atoms with van der Waals surface area (Å²) in [4.78, 5) is 28.2. The minimum atomic E-state index is -0.978. The van der Waals surface area contributed by atoms with Gasteiger partial charge in [0.25, 0.3) is 5.91 Å². The van der Waals surface area contributed by atoms with Crippen LogP contribution in [0.15, 0.2) is 123 Å². The summed E-state index contributed by atoms with van der Waals surface area (Å²) in [5.74, 6) is -0.355. The number of aliphatic hydroxyl groups is 1. The van der Waals surface area contributed by atoms with Crippen molar-refractivity contribution in [3.05, 3.63) is 126 Å². The molecule has 0 saturated heterocycles. The molecule has 0 fully saturated rings. The van der Waals surface area contributed by atoms with Gasteiger partial charge in [-0.1, -0.05) is 36.4 Å². The first-order chi connectivity index (χ1) is 17.6. The molecule has 1 aliphatic heterocycles. The number of hydrogen-bond acceptors (Lipinski definition) is 6. The molecular weight excluding hydrogens is 458 g/mol. The molecule has 7 heteroatoms. The van der Waals surface area contributed by atoms with Crippen molar-refractivity contribution in [2.24, 2.45) is 0 Å². The van der Waals surface area contributed by atoms with E-state index < -0.39 is 23.5 Å². The normalized spacial score (nSPS) is 15.6. The van der Waals surface area contributed by atoms with Crippen molar-refractivity contribution < 1.29 is 28.3 Å². The fourth-order valence-electron chi connectivity index (χ4n) is 4.35. The second kappa shape index (κ2) is 8.63. The zero-order valence-electron chi connectivity index (χ0n) is 18.8. The molecule has 36 heavy (non-hydrogen) atoms. The standard InChI is InChI=1S/C29H19NO6/c31-27(24-17-18-7-4-5-10-22(18)36-24)25-26(23-11-6-16-34-23)30(29(33)28(25)32)19-12-14-21(15-13-19)35-20-8-2-1-3-9-20/h1-17,26,32H. The zero-order valence-corrected chi connectivity index (χ0v) is 18.8. The van der Waals surface area contributed by atoms with Gasteiger partial charge in [-0.3, -0.25) is 14.5 Å². The van der Waals surface area contributed by atoms with Crippen molar-refractivity contribution in [1.29, 1.82) is 0 Å². The molecule has 1 N–H and O–H groups in total. The van der Waals surface area contributed by atoms with Gasteiger partial charge in [-0.2, -0.15) is 0 Å². The summed E-state index contributed by atoms with van der Waals surface area (Å²) in [6.45, 7) is 0. The van der Waals surface area contributed by atoms with Gasteiger partial charge < -0.3 is 18.7 Å². The largest absolute Gasteiger partial charge is 0.503 e. The first-order valence-electron chi connectivity index (χ1n) is 11.3. The van der Waals surface area contributed by atoms with Gasteiger partial charge in [0.2, 0.25) is 5.78 Å². The topological polar surface area (TPSA) is 93.1 Å². The quantitative estimate of drug-likeness (QED) is 0.277. The van der Waals surface area contributed by atoms with Crippen molar-refractivity contribution in [2.75, 3.05) is 4.90 Å². The van der Waals surface area contributed by atoms with E-state index in [-0.39, 0.29) is 11.3 Å². The average molecular weight is 477 g/mol. The molecule has 0 radical (unpaired) electrons. The van der Waals surface area contributed by atoms with Crippen LogP contribution in [0.4, 0.5) is 5.69 Å². The zero-order chi connectivity index (χ0) is 24.6. The van der Waals surface area contributed by atoms with E-state index in [1.807, 2.05) is 42.5 Å². The molecule has 176 valence electrons. The predicted molar refractivity (Wildman–Crippen MR) is 132 cm³/mol. The fraction of sp³-hybridized carbons (Fsp3) is 0.0345. The van der Waals surface area contributed by atoms with Gasteiger partial charge in [-0.25, -0.2) is 0 Å². The Bertz CT molecular complexity index is 1560. The smallest absolute Gasteiger partial charge is 0.294 e. The lowest BCUT2D eigenvalue weighted by Gasteiger charge is -2.25. The number of ketones is 1. The van der Waals surface area contributed by atoms with Crippen LogP contribution in [0.3, 0.4) is 0 Å². The molecule has 0 aliphatic carbocycles. The Hall–Kier alpha value is -5.04. The van der Waals surface area contributed by atoms with Crippen molar-refractivity contribution in [3.8, 4) is 11.5 Å². The molecule has 0 saturated carbocycles. The average Bonchev–Trinajstić information content (AvgIpc) is 3.64. The van der Waals surface area contributed by atoms with Gasteiger partial charge in [0.1, 0.15) is 28.9 Å². The fourth-order valence-corrected chi connectivity index (χ4v) is 4.35. The number of amides is 1. The summed E-state index contributed by atoms with van der Waals surface area (Å²) in [5.41, 5.74) is 0.880. The van der Waals surface area contributed by atoms with Crippen molar-refractivity contribution in [1.82, 2.24) is 0 Å². The molecule has 2 aromatic heterocycles. The Morgan fingerprint density at radius 1 is 0.861 bits per heavy atom. The van der Waals surface area contributed by atoms with Gasteiger partial charge in [-0.05, 0) is 60.7 Å². The highest BCUT2D eigenvalue weighted by Gasteiger charge is 2.46. The minimum Gasteiger partial charge on any atom is -0.503 e. The van der Waals surface area contributed by atoms with Gasteiger partial charge in [0.15, 0.2) is 11.5 Å². The maximum Gasteiger partial charge on any atom is 0.294 e. The Balaban J connectivity index is 1.37. The maximum atomic E-state index is 13.6. The van der Waals surface area contributed by atoms with E-state index in [0.717, 1.165) is 5.39 Å². The van der Waals surface area contributed by atoms with Crippen LogP contribution in [-0.2, 0) is 4.79 Å². The molecule has 1 unspecified atom stereocenters. The van der Waals surface area contributed by atoms with Crippen molar-refractivity contribution in [3.63, 3.8) is 0 Å². The number of hydrogen-bond donors (Lipinski definition) is 1. The first-order valence-corrected chi connectivity index (χ1v) is 11.3. The van der Waals surface area contributed by atoms with E-state index in [2.05, 4.69) is 0 Å². The third-order valence-corrected chi connectivity index (χ3v) is 6.01. The van der Waals surface area contributed by atoms with E-state index in [1.54, 1.807) is 54.6 Å². The molecule has 7 nitrogen and oxygen atoms in total. The lowest BCUT2D eigenvalue weighted by atomic mass is 9.99. The minimum absolute atomic E-state index is 0.0237. The SMILES string of the molecule is O=C(C1=C(O)C(=O)N(c2ccc(Oc3ccccc3)cc2)C1c1ccco1)c1cc2ccccc2o1. The molecule has 3 aromatic carbocycles. The molecular formula is C29H19NO6. The molecule has 0 spiro atoms. The van der Waals surface area contributed by atoms with E-state index in [4.69, 9.17) is 13.6 Å².